The minimum absolute atomic E-state index is 0.00353. The predicted molar refractivity (Wildman–Crippen MR) is 117 cm³/mol. The van der Waals surface area contributed by atoms with Crippen molar-refractivity contribution in [1.82, 2.24) is 9.47 Å². The second-order valence-corrected chi connectivity index (χ2v) is 8.77. The number of methoxy groups -OCH3 is 1. The van der Waals surface area contributed by atoms with Crippen molar-refractivity contribution in [3.63, 3.8) is 0 Å². The number of esters is 1. The Kier molecular flexibility index (Phi) is 6.60. The first-order chi connectivity index (χ1) is 13.8. The van der Waals surface area contributed by atoms with Gasteiger partial charge >= 0.3 is 5.97 Å². The fraction of sp³-hybridized carbons (Fsp3) is 0.458. The summed E-state index contributed by atoms with van der Waals surface area (Å²) in [6.07, 6.45) is 0. The van der Waals surface area contributed by atoms with Crippen molar-refractivity contribution in [1.29, 1.82) is 0 Å². The van der Waals surface area contributed by atoms with Gasteiger partial charge in [-0.1, -0.05) is 32.9 Å². The predicted octanol–water partition coefficient (Wildman–Crippen LogP) is 4.07. The highest BCUT2D eigenvalue weighted by Gasteiger charge is 2.31. The van der Waals surface area contributed by atoms with Gasteiger partial charge in [-0.15, -0.1) is 0 Å². The number of amides is 1. The molecule has 0 aliphatic carbocycles. The number of aromatic nitrogens is 1. The highest BCUT2D eigenvalue weighted by Crippen LogP contribution is 2.25. The van der Waals surface area contributed by atoms with Crippen LogP contribution in [0.25, 0.3) is 0 Å². The van der Waals surface area contributed by atoms with E-state index >= 15 is 0 Å². The molecule has 1 aromatic carbocycles. The van der Waals surface area contributed by atoms with Gasteiger partial charge in [-0.05, 0) is 49.4 Å². The van der Waals surface area contributed by atoms with Crippen molar-refractivity contribution in [2.75, 3.05) is 14.2 Å². The molecule has 0 radical (unpaired) electrons. The summed E-state index contributed by atoms with van der Waals surface area (Å²) in [4.78, 5) is 39.8. The van der Waals surface area contributed by atoms with Gasteiger partial charge in [0.25, 0.3) is 5.91 Å². The molecule has 6 heteroatoms. The van der Waals surface area contributed by atoms with Gasteiger partial charge in [-0.2, -0.15) is 0 Å². The molecular formula is C24H32N2O4. The first kappa shape index (κ1) is 23.4. The van der Waals surface area contributed by atoms with E-state index in [4.69, 9.17) is 4.74 Å². The van der Waals surface area contributed by atoms with E-state index in [1.807, 2.05) is 12.1 Å². The topological polar surface area (TPSA) is 68.6 Å². The van der Waals surface area contributed by atoms with Gasteiger partial charge in [-0.25, -0.2) is 4.79 Å². The lowest BCUT2D eigenvalue weighted by molar-refractivity contribution is 0.0588. The fourth-order valence-electron chi connectivity index (χ4n) is 3.60. The van der Waals surface area contributed by atoms with Gasteiger partial charge in [0.15, 0.2) is 5.78 Å². The number of Topliss-reactive ketones (excluding diaryl/α,β-unsaturated/α-hetero) is 1. The zero-order valence-corrected chi connectivity index (χ0v) is 19.4. The van der Waals surface area contributed by atoms with Crippen LogP contribution in [0.4, 0.5) is 0 Å². The Morgan fingerprint density at radius 3 is 2.07 bits per heavy atom. The number of nitrogens with zero attached hydrogens (tertiary/aromatic N) is 2. The van der Waals surface area contributed by atoms with Crippen LogP contribution in [0.2, 0.25) is 0 Å². The Morgan fingerprint density at radius 2 is 1.60 bits per heavy atom. The van der Waals surface area contributed by atoms with Gasteiger partial charge in [0, 0.05) is 30.9 Å². The summed E-state index contributed by atoms with van der Waals surface area (Å²) in [5.74, 6) is -0.929. The number of likely N-dealkylation sites (N-methyl/N-ethyl adjacent to an activating group) is 1. The molecule has 0 fully saturated rings. The average molecular weight is 413 g/mol. The Bertz CT molecular complexity index is 978. The third-order valence-electron chi connectivity index (χ3n) is 5.83. The Labute approximate surface area is 178 Å². The zero-order valence-electron chi connectivity index (χ0n) is 19.4. The molecule has 1 amide bonds. The zero-order chi connectivity index (χ0) is 23.0. The summed E-state index contributed by atoms with van der Waals surface area (Å²) >= 11 is 0. The average Bonchev–Trinajstić information content (AvgIpc) is 2.93. The van der Waals surface area contributed by atoms with Crippen LogP contribution >= 0.6 is 0 Å². The molecule has 6 nitrogen and oxygen atoms in total. The number of hydrogen-bond acceptors (Lipinski definition) is 4. The maximum atomic E-state index is 13.3. The summed E-state index contributed by atoms with van der Waals surface area (Å²) in [6.45, 7) is 11.6. The maximum absolute atomic E-state index is 13.3. The number of benzene rings is 1. The molecule has 0 aliphatic heterocycles. The van der Waals surface area contributed by atoms with Gasteiger partial charge in [0.2, 0.25) is 0 Å². The molecule has 1 heterocycles. The highest BCUT2D eigenvalue weighted by atomic mass is 16.5. The smallest absolute Gasteiger partial charge is 0.354 e. The van der Waals surface area contributed by atoms with Crippen molar-refractivity contribution in [2.24, 2.45) is 7.05 Å². The van der Waals surface area contributed by atoms with E-state index < -0.39 is 12.0 Å². The van der Waals surface area contributed by atoms with Gasteiger partial charge in [0.1, 0.15) is 5.69 Å². The molecule has 0 bridgehead atoms. The molecule has 2 aromatic rings. The summed E-state index contributed by atoms with van der Waals surface area (Å²) in [5, 5.41) is 0. The van der Waals surface area contributed by atoms with Crippen LogP contribution in [-0.2, 0) is 17.2 Å². The SMILES string of the molecule is COC(=O)c1c(C)c(C(=O)C(C)N(C)C(=O)c2ccc(C(C)(C)C)cc2)c(C)n1C. The molecule has 162 valence electrons. The highest BCUT2D eigenvalue weighted by molar-refractivity contribution is 6.07. The van der Waals surface area contributed by atoms with Crippen LogP contribution in [0.1, 0.15) is 75.7 Å². The standard InChI is InChI=1S/C24H32N2O4/c1-14-19(15(2)25(7)20(14)23(29)30-9)21(27)16(3)26(8)22(28)17-10-12-18(13-11-17)24(4,5)6/h10-13,16H,1-9H3. The van der Waals surface area contributed by atoms with E-state index in [0.717, 1.165) is 5.56 Å². The summed E-state index contributed by atoms with van der Waals surface area (Å²) < 4.78 is 6.51. The lowest BCUT2D eigenvalue weighted by Gasteiger charge is -2.25. The summed E-state index contributed by atoms with van der Waals surface area (Å²) in [5.41, 5.74) is 3.69. The van der Waals surface area contributed by atoms with Crippen LogP contribution in [0.15, 0.2) is 24.3 Å². The third kappa shape index (κ3) is 4.18. The van der Waals surface area contributed by atoms with Crippen LogP contribution in [-0.4, -0.2) is 47.3 Å². The number of carbonyl (C=O) groups is 3. The molecule has 2 rings (SSSR count). The van der Waals surface area contributed by atoms with Crippen molar-refractivity contribution in [2.45, 2.75) is 53.0 Å². The monoisotopic (exact) mass is 412 g/mol. The number of carbonyl (C=O) groups excluding carboxylic acids is 3. The summed E-state index contributed by atoms with van der Waals surface area (Å²) in [7, 11) is 4.66. The molecule has 0 spiro atoms. The van der Waals surface area contributed by atoms with E-state index in [-0.39, 0.29) is 17.1 Å². The van der Waals surface area contributed by atoms with Gasteiger partial charge in [-0.3, -0.25) is 9.59 Å². The van der Waals surface area contributed by atoms with Crippen LogP contribution in [0.3, 0.4) is 0 Å². The van der Waals surface area contributed by atoms with E-state index in [1.165, 1.54) is 12.0 Å². The van der Waals surface area contributed by atoms with Crippen LogP contribution < -0.4 is 0 Å². The normalized spacial score (nSPS) is 12.4. The largest absolute Gasteiger partial charge is 0.464 e. The fourth-order valence-corrected chi connectivity index (χ4v) is 3.60. The molecule has 0 saturated heterocycles. The van der Waals surface area contributed by atoms with Crippen LogP contribution in [0, 0.1) is 13.8 Å². The van der Waals surface area contributed by atoms with Gasteiger partial charge in [0.05, 0.1) is 13.2 Å². The molecule has 30 heavy (non-hydrogen) atoms. The molecule has 0 N–H and O–H groups in total. The molecule has 0 saturated carbocycles. The van der Waals surface area contributed by atoms with Crippen molar-refractivity contribution in [3.8, 4) is 0 Å². The number of ketones is 1. The summed E-state index contributed by atoms with van der Waals surface area (Å²) in [6, 6.07) is 6.80. The quantitative estimate of drug-likeness (QED) is 0.548. The number of rotatable bonds is 5. The van der Waals surface area contributed by atoms with E-state index in [1.54, 1.807) is 51.6 Å². The molecule has 1 unspecified atom stereocenters. The van der Waals surface area contributed by atoms with E-state index in [0.29, 0.717) is 28.1 Å². The second-order valence-electron chi connectivity index (χ2n) is 8.77. The second kappa shape index (κ2) is 8.46. The van der Waals surface area contributed by atoms with Gasteiger partial charge < -0.3 is 14.2 Å². The van der Waals surface area contributed by atoms with E-state index in [2.05, 4.69) is 20.8 Å². The minimum Gasteiger partial charge on any atom is -0.464 e. The molecular weight excluding hydrogens is 380 g/mol. The Balaban J connectivity index is 2.32. The Hall–Kier alpha value is -2.89. The van der Waals surface area contributed by atoms with E-state index in [9.17, 15) is 14.4 Å². The molecule has 1 atom stereocenters. The van der Waals surface area contributed by atoms with Crippen molar-refractivity contribution >= 4 is 17.7 Å². The lowest BCUT2D eigenvalue weighted by atomic mass is 9.86. The first-order valence-electron chi connectivity index (χ1n) is 9.99. The number of hydrogen-bond donors (Lipinski definition) is 0. The lowest BCUT2D eigenvalue weighted by Crippen LogP contribution is -2.40. The van der Waals surface area contributed by atoms with Crippen molar-refractivity contribution in [3.05, 3.63) is 57.9 Å². The number of ether oxygens (including phenoxy) is 1. The van der Waals surface area contributed by atoms with Crippen molar-refractivity contribution < 1.29 is 19.1 Å². The third-order valence-corrected chi connectivity index (χ3v) is 5.83. The molecule has 0 aliphatic rings. The minimum atomic E-state index is -0.690. The van der Waals surface area contributed by atoms with Crippen LogP contribution in [0.5, 0.6) is 0 Å². The Morgan fingerprint density at radius 1 is 1.07 bits per heavy atom. The maximum Gasteiger partial charge on any atom is 0.354 e. The molecule has 1 aromatic heterocycles. The first-order valence-corrected chi connectivity index (χ1v) is 9.99.